The van der Waals surface area contributed by atoms with Gasteiger partial charge in [0, 0.05) is 18.4 Å². The Bertz CT molecular complexity index is 662. The zero-order valence-electron chi connectivity index (χ0n) is 11.7. The Morgan fingerprint density at radius 1 is 1.24 bits per heavy atom. The predicted octanol–water partition coefficient (Wildman–Crippen LogP) is 2.81. The van der Waals surface area contributed by atoms with Gasteiger partial charge in [-0.3, -0.25) is 4.98 Å². The van der Waals surface area contributed by atoms with E-state index in [1.807, 2.05) is 0 Å². The van der Waals surface area contributed by atoms with Gasteiger partial charge in [0.2, 0.25) is 10.0 Å². The van der Waals surface area contributed by atoms with Crippen molar-refractivity contribution in [3.05, 3.63) is 48.7 Å². The van der Waals surface area contributed by atoms with Gasteiger partial charge in [0.1, 0.15) is 10.7 Å². The van der Waals surface area contributed by atoms with Crippen LogP contribution in [0.4, 0.5) is 0 Å². The predicted molar refractivity (Wildman–Crippen MR) is 77.9 cm³/mol. The first-order valence-corrected chi connectivity index (χ1v) is 8.56. The van der Waals surface area contributed by atoms with Gasteiger partial charge < -0.3 is 4.42 Å². The van der Waals surface area contributed by atoms with Gasteiger partial charge in [-0.1, -0.05) is 12.8 Å². The largest absolute Gasteiger partial charge is 0.468 e. The van der Waals surface area contributed by atoms with Gasteiger partial charge in [0.05, 0.1) is 12.8 Å². The summed E-state index contributed by atoms with van der Waals surface area (Å²) in [5.74, 6) is 0.661. The summed E-state index contributed by atoms with van der Waals surface area (Å²) < 4.78 is 32.7. The normalized spacial score (nSPS) is 16.6. The van der Waals surface area contributed by atoms with Gasteiger partial charge in [-0.15, -0.1) is 0 Å². The minimum atomic E-state index is -3.55. The molecule has 0 spiro atoms. The van der Waals surface area contributed by atoms with Gasteiger partial charge in [-0.05, 0) is 37.1 Å². The summed E-state index contributed by atoms with van der Waals surface area (Å²) >= 11 is 0. The van der Waals surface area contributed by atoms with E-state index in [1.165, 1.54) is 6.20 Å². The van der Waals surface area contributed by atoms with Crippen molar-refractivity contribution in [1.82, 2.24) is 9.29 Å². The molecule has 112 valence electrons. The van der Waals surface area contributed by atoms with Gasteiger partial charge in [-0.25, -0.2) is 8.42 Å². The zero-order chi connectivity index (χ0) is 14.7. The molecule has 0 bridgehead atoms. The fraction of sp³-hybridized carbons (Fsp3) is 0.400. The van der Waals surface area contributed by atoms with E-state index in [0.29, 0.717) is 5.76 Å². The summed E-state index contributed by atoms with van der Waals surface area (Å²) in [7, 11) is -3.55. The Hall–Kier alpha value is -1.66. The van der Waals surface area contributed by atoms with Crippen LogP contribution in [0.2, 0.25) is 0 Å². The van der Waals surface area contributed by atoms with Crippen molar-refractivity contribution in [2.45, 2.75) is 43.2 Å². The van der Waals surface area contributed by atoms with Gasteiger partial charge in [0.15, 0.2) is 0 Å². The number of aromatic nitrogens is 1. The van der Waals surface area contributed by atoms with Gasteiger partial charge in [-0.2, -0.15) is 4.31 Å². The number of hydrogen-bond acceptors (Lipinski definition) is 4. The van der Waals surface area contributed by atoms with E-state index in [0.717, 1.165) is 25.7 Å². The van der Waals surface area contributed by atoms with Crippen LogP contribution in [0, 0.1) is 0 Å². The van der Waals surface area contributed by atoms with Gasteiger partial charge in [0.25, 0.3) is 0 Å². The van der Waals surface area contributed by atoms with Crippen LogP contribution >= 0.6 is 0 Å². The summed E-state index contributed by atoms with van der Waals surface area (Å²) in [5, 5.41) is 0. The minimum Gasteiger partial charge on any atom is -0.468 e. The van der Waals surface area contributed by atoms with Crippen molar-refractivity contribution >= 4 is 10.0 Å². The first-order valence-electron chi connectivity index (χ1n) is 7.12. The highest BCUT2D eigenvalue weighted by Gasteiger charge is 2.34. The number of rotatable bonds is 5. The highest BCUT2D eigenvalue weighted by molar-refractivity contribution is 7.89. The molecule has 5 nitrogen and oxygen atoms in total. The second kappa shape index (κ2) is 5.99. The van der Waals surface area contributed by atoms with E-state index in [2.05, 4.69) is 4.98 Å². The first kappa shape index (κ1) is 14.3. The van der Waals surface area contributed by atoms with E-state index in [1.54, 1.807) is 41.0 Å². The van der Waals surface area contributed by atoms with E-state index in [-0.39, 0.29) is 17.5 Å². The molecule has 2 heterocycles. The van der Waals surface area contributed by atoms with Crippen LogP contribution in [-0.2, 0) is 16.6 Å². The SMILES string of the molecule is O=S(=O)(c1cccnc1)N(Cc1ccco1)C1CCCC1. The highest BCUT2D eigenvalue weighted by atomic mass is 32.2. The topological polar surface area (TPSA) is 63.4 Å². The molecule has 1 saturated carbocycles. The van der Waals surface area contributed by atoms with Crippen LogP contribution in [-0.4, -0.2) is 23.7 Å². The molecule has 1 aliphatic rings. The fourth-order valence-corrected chi connectivity index (χ4v) is 4.41. The number of nitrogens with zero attached hydrogens (tertiary/aromatic N) is 2. The number of pyridine rings is 1. The van der Waals surface area contributed by atoms with Crippen molar-refractivity contribution in [1.29, 1.82) is 0 Å². The Kier molecular flexibility index (Phi) is 4.07. The Balaban J connectivity index is 1.94. The van der Waals surface area contributed by atoms with Crippen LogP contribution in [0.5, 0.6) is 0 Å². The molecule has 0 aliphatic heterocycles. The van der Waals surface area contributed by atoms with E-state index in [4.69, 9.17) is 4.42 Å². The van der Waals surface area contributed by atoms with Crippen LogP contribution in [0.3, 0.4) is 0 Å². The van der Waals surface area contributed by atoms with Crippen LogP contribution in [0.25, 0.3) is 0 Å². The number of sulfonamides is 1. The maximum atomic E-state index is 12.9. The molecular weight excluding hydrogens is 288 g/mol. The van der Waals surface area contributed by atoms with Gasteiger partial charge >= 0.3 is 0 Å². The number of hydrogen-bond donors (Lipinski definition) is 0. The third-order valence-electron chi connectivity index (χ3n) is 3.86. The summed E-state index contributed by atoms with van der Waals surface area (Å²) in [6.45, 7) is 0.273. The molecule has 0 unspecified atom stereocenters. The Labute approximate surface area is 124 Å². The summed E-state index contributed by atoms with van der Waals surface area (Å²) in [4.78, 5) is 4.17. The highest BCUT2D eigenvalue weighted by Crippen LogP contribution is 2.30. The lowest BCUT2D eigenvalue weighted by Gasteiger charge is -2.27. The smallest absolute Gasteiger partial charge is 0.245 e. The summed E-state index contributed by atoms with van der Waals surface area (Å²) in [6, 6.07) is 6.86. The van der Waals surface area contributed by atoms with Crippen molar-refractivity contribution in [2.24, 2.45) is 0 Å². The summed E-state index contributed by atoms with van der Waals surface area (Å²) in [6.07, 6.45) is 8.49. The second-order valence-electron chi connectivity index (χ2n) is 5.26. The summed E-state index contributed by atoms with van der Waals surface area (Å²) in [5.41, 5.74) is 0. The molecular formula is C15H18N2O3S. The van der Waals surface area contributed by atoms with E-state index >= 15 is 0 Å². The molecule has 0 atom stereocenters. The molecule has 2 aromatic heterocycles. The minimum absolute atomic E-state index is 0.0420. The van der Waals surface area contributed by atoms with Crippen molar-refractivity contribution in [3.8, 4) is 0 Å². The van der Waals surface area contributed by atoms with Crippen LogP contribution in [0.1, 0.15) is 31.4 Å². The fourth-order valence-electron chi connectivity index (χ4n) is 2.79. The first-order chi connectivity index (χ1) is 10.2. The Morgan fingerprint density at radius 2 is 2.05 bits per heavy atom. The molecule has 6 heteroatoms. The van der Waals surface area contributed by atoms with Crippen molar-refractivity contribution in [2.75, 3.05) is 0 Å². The lowest BCUT2D eigenvalue weighted by molar-refractivity contribution is 0.292. The molecule has 0 saturated heterocycles. The standard InChI is InChI=1S/C15H18N2O3S/c18-21(19,15-8-3-9-16-11-15)17(13-5-1-2-6-13)12-14-7-4-10-20-14/h3-4,7-11,13H,1-2,5-6,12H2. The van der Waals surface area contributed by atoms with Crippen LogP contribution < -0.4 is 0 Å². The maximum Gasteiger partial charge on any atom is 0.245 e. The third-order valence-corrected chi connectivity index (χ3v) is 5.75. The average molecular weight is 306 g/mol. The molecule has 0 radical (unpaired) electrons. The lowest BCUT2D eigenvalue weighted by Crippen LogP contribution is -2.38. The molecule has 1 fully saturated rings. The third kappa shape index (κ3) is 3.01. The van der Waals surface area contributed by atoms with E-state index < -0.39 is 10.0 Å². The quantitative estimate of drug-likeness (QED) is 0.852. The molecule has 1 aliphatic carbocycles. The number of furan rings is 1. The average Bonchev–Trinajstić information content (AvgIpc) is 3.19. The molecule has 0 N–H and O–H groups in total. The van der Waals surface area contributed by atoms with Crippen molar-refractivity contribution in [3.63, 3.8) is 0 Å². The maximum absolute atomic E-state index is 12.9. The Morgan fingerprint density at radius 3 is 2.67 bits per heavy atom. The second-order valence-corrected chi connectivity index (χ2v) is 7.15. The molecule has 0 amide bonds. The molecule has 21 heavy (non-hydrogen) atoms. The van der Waals surface area contributed by atoms with E-state index in [9.17, 15) is 8.42 Å². The molecule has 3 rings (SSSR count). The lowest BCUT2D eigenvalue weighted by atomic mass is 10.2. The van der Waals surface area contributed by atoms with Crippen molar-refractivity contribution < 1.29 is 12.8 Å². The monoisotopic (exact) mass is 306 g/mol. The van der Waals surface area contributed by atoms with Crippen LogP contribution in [0.15, 0.2) is 52.2 Å². The molecule has 0 aromatic carbocycles. The molecule has 2 aromatic rings. The zero-order valence-corrected chi connectivity index (χ0v) is 12.5.